The Kier molecular flexibility index (Phi) is 9.02. The first-order valence-corrected chi connectivity index (χ1v) is 16.7. The number of amides is 1. The molecule has 2 atom stereocenters. The minimum absolute atomic E-state index is 0.00574. The zero-order chi connectivity index (χ0) is 31.7. The quantitative estimate of drug-likeness (QED) is 0.0617. The highest BCUT2D eigenvalue weighted by molar-refractivity contribution is 8.00. The van der Waals surface area contributed by atoms with Crippen molar-refractivity contribution in [3.63, 3.8) is 0 Å². The van der Waals surface area contributed by atoms with Gasteiger partial charge in [0, 0.05) is 22.8 Å². The molecule has 3 heterocycles. The van der Waals surface area contributed by atoms with Crippen LogP contribution in [0.4, 0.5) is 5.13 Å². The molecule has 1 N–H and O–H groups in total. The average molecular weight is 664 g/mol. The number of ketones is 1. The molecule has 2 aliphatic heterocycles. The van der Waals surface area contributed by atoms with Gasteiger partial charge in [-0.3, -0.25) is 14.5 Å². The van der Waals surface area contributed by atoms with Gasteiger partial charge < -0.3 is 19.3 Å². The van der Waals surface area contributed by atoms with Crippen molar-refractivity contribution in [3.8, 4) is 17.2 Å². The van der Waals surface area contributed by atoms with E-state index in [0.29, 0.717) is 57.4 Å². The third kappa shape index (κ3) is 6.12. The number of aromatic nitrogens is 2. The molecule has 9 nitrogen and oxygen atoms in total. The lowest BCUT2D eigenvalue weighted by atomic mass is 9.94. The lowest BCUT2D eigenvalue weighted by Crippen LogP contribution is -2.29. The molecule has 0 aliphatic carbocycles. The molecule has 0 radical (unpaired) electrons. The van der Waals surface area contributed by atoms with E-state index in [1.54, 1.807) is 36.4 Å². The van der Waals surface area contributed by atoms with Gasteiger partial charge in [-0.2, -0.15) is 0 Å². The number of nitrogens with zero attached hydrogens (tertiary/aromatic N) is 3. The van der Waals surface area contributed by atoms with Gasteiger partial charge in [0.2, 0.25) is 5.13 Å². The van der Waals surface area contributed by atoms with Crippen LogP contribution in [0, 0.1) is 0 Å². The highest BCUT2D eigenvalue weighted by Crippen LogP contribution is 2.46. The van der Waals surface area contributed by atoms with E-state index in [1.165, 1.54) is 28.0 Å². The molecule has 45 heavy (non-hydrogen) atoms. The molecule has 3 aromatic carbocycles. The summed E-state index contributed by atoms with van der Waals surface area (Å²) in [7, 11) is 0. The van der Waals surface area contributed by atoms with Crippen molar-refractivity contribution >= 4 is 57.3 Å². The van der Waals surface area contributed by atoms with E-state index in [2.05, 4.69) is 10.2 Å². The Morgan fingerprint density at radius 3 is 2.62 bits per heavy atom. The first kappa shape index (κ1) is 30.9. The van der Waals surface area contributed by atoms with Gasteiger partial charge in [-0.25, -0.2) is 0 Å². The predicted octanol–water partition coefficient (Wildman–Crippen LogP) is 7.23. The Balaban J connectivity index is 1.43. The lowest BCUT2D eigenvalue weighted by Gasteiger charge is -2.23. The van der Waals surface area contributed by atoms with E-state index in [1.807, 2.05) is 45.0 Å². The van der Waals surface area contributed by atoms with Crippen molar-refractivity contribution in [1.29, 1.82) is 0 Å². The molecule has 1 aromatic heterocycles. The molecule has 0 saturated carbocycles. The van der Waals surface area contributed by atoms with E-state index in [-0.39, 0.29) is 22.6 Å². The Hall–Kier alpha value is -4.06. The normalized spacial score (nSPS) is 18.6. The van der Waals surface area contributed by atoms with Crippen LogP contribution in [-0.2, 0) is 21.8 Å². The first-order chi connectivity index (χ1) is 21.8. The van der Waals surface area contributed by atoms with Crippen LogP contribution in [0.3, 0.4) is 0 Å². The second-order valence-corrected chi connectivity index (χ2v) is 13.0. The number of fused-ring (bicyclic) bond motifs is 1. The second-order valence-electron chi connectivity index (χ2n) is 10.4. The SMILES string of the molecule is CCOc1ccc(C2C(=C(O)c3ccc4c(c3)CC(C)O4)C(=O)C(=O)N2c2nnc(SCc3ccccc3Cl)s2)cc1OCC. The number of aliphatic hydroxyl groups excluding tert-OH is 1. The number of anilines is 1. The first-order valence-electron chi connectivity index (χ1n) is 14.5. The fourth-order valence-corrected chi connectivity index (χ4v) is 7.57. The van der Waals surface area contributed by atoms with E-state index in [0.717, 1.165) is 16.9 Å². The molecule has 12 heteroatoms. The summed E-state index contributed by atoms with van der Waals surface area (Å²) in [6.07, 6.45) is 0.677. The third-order valence-electron chi connectivity index (χ3n) is 7.41. The van der Waals surface area contributed by atoms with E-state index >= 15 is 0 Å². The summed E-state index contributed by atoms with van der Waals surface area (Å²) in [4.78, 5) is 28.8. The molecule has 1 saturated heterocycles. The van der Waals surface area contributed by atoms with Gasteiger partial charge in [0.05, 0.1) is 24.8 Å². The standard InChI is InChI=1S/C33H30ClN3O6S2/c1-4-41-25-13-10-19(16-26(25)42-5-2)28-27(29(38)20-11-12-24-22(15-20)14-18(3)43-24)30(39)31(40)37(28)32-35-36-33(45-32)44-17-21-8-6-7-9-23(21)34/h6-13,15-16,18,28,38H,4-5,14,17H2,1-3H3. The minimum Gasteiger partial charge on any atom is -0.507 e. The van der Waals surface area contributed by atoms with Gasteiger partial charge in [0.1, 0.15) is 17.6 Å². The van der Waals surface area contributed by atoms with Gasteiger partial charge in [0.15, 0.2) is 15.8 Å². The number of Topliss-reactive ketones (excluding diaryl/α,β-unsaturated/α-hetero) is 1. The number of rotatable bonds is 10. The monoisotopic (exact) mass is 663 g/mol. The fourth-order valence-electron chi connectivity index (χ4n) is 5.42. The molecule has 1 amide bonds. The fraction of sp³-hybridized carbons (Fsp3) is 0.273. The minimum atomic E-state index is -1.00. The Morgan fingerprint density at radius 2 is 1.84 bits per heavy atom. The smallest absolute Gasteiger partial charge is 0.301 e. The van der Waals surface area contributed by atoms with Crippen LogP contribution in [0.25, 0.3) is 5.76 Å². The number of carbonyl (C=O) groups excluding carboxylic acids is 2. The van der Waals surface area contributed by atoms with Crippen LogP contribution in [-0.4, -0.2) is 46.3 Å². The zero-order valence-corrected chi connectivity index (χ0v) is 27.2. The number of aliphatic hydroxyl groups is 1. The maximum Gasteiger partial charge on any atom is 0.301 e. The molecule has 6 rings (SSSR count). The summed E-state index contributed by atoms with van der Waals surface area (Å²) >= 11 is 8.94. The third-order valence-corrected chi connectivity index (χ3v) is 9.88. The van der Waals surface area contributed by atoms with Gasteiger partial charge in [-0.05, 0) is 73.9 Å². The molecule has 2 unspecified atom stereocenters. The Labute approximate surface area is 273 Å². The molecule has 232 valence electrons. The van der Waals surface area contributed by atoms with E-state index in [4.69, 9.17) is 25.8 Å². The van der Waals surface area contributed by atoms with Gasteiger partial charge in [-0.15, -0.1) is 10.2 Å². The number of carbonyl (C=O) groups is 2. The number of thioether (sulfide) groups is 1. The van der Waals surface area contributed by atoms with Crippen molar-refractivity contribution in [1.82, 2.24) is 10.2 Å². The van der Waals surface area contributed by atoms with Gasteiger partial charge >= 0.3 is 5.91 Å². The molecular formula is C33H30ClN3O6S2. The number of ether oxygens (including phenoxy) is 3. The van der Waals surface area contributed by atoms with E-state index in [9.17, 15) is 14.7 Å². The lowest BCUT2D eigenvalue weighted by molar-refractivity contribution is -0.132. The Bertz CT molecular complexity index is 1810. The number of benzene rings is 3. The molecule has 1 fully saturated rings. The van der Waals surface area contributed by atoms with Crippen LogP contribution < -0.4 is 19.1 Å². The molecule has 4 aromatic rings. The van der Waals surface area contributed by atoms with Crippen LogP contribution in [0.15, 0.2) is 70.6 Å². The molecule has 0 bridgehead atoms. The molecular weight excluding hydrogens is 634 g/mol. The second kappa shape index (κ2) is 13.1. The summed E-state index contributed by atoms with van der Waals surface area (Å²) in [6.45, 7) is 6.50. The highest BCUT2D eigenvalue weighted by Gasteiger charge is 2.48. The zero-order valence-electron chi connectivity index (χ0n) is 24.8. The molecule has 2 aliphatic rings. The topological polar surface area (TPSA) is 111 Å². The van der Waals surface area contributed by atoms with Crippen molar-refractivity contribution in [3.05, 3.63) is 93.5 Å². The summed E-state index contributed by atoms with van der Waals surface area (Å²) < 4.78 is 18.0. The summed E-state index contributed by atoms with van der Waals surface area (Å²) in [6, 6.07) is 17.0. The Morgan fingerprint density at radius 1 is 1.07 bits per heavy atom. The predicted molar refractivity (Wildman–Crippen MR) is 175 cm³/mol. The maximum absolute atomic E-state index is 13.8. The average Bonchev–Trinajstić information content (AvgIpc) is 3.72. The van der Waals surface area contributed by atoms with Crippen LogP contribution in [0.5, 0.6) is 17.2 Å². The number of hydrogen-bond donors (Lipinski definition) is 1. The maximum atomic E-state index is 13.8. The summed E-state index contributed by atoms with van der Waals surface area (Å²) in [5.41, 5.74) is 2.76. The molecule has 0 spiro atoms. The highest BCUT2D eigenvalue weighted by atomic mass is 35.5. The van der Waals surface area contributed by atoms with E-state index < -0.39 is 17.7 Å². The van der Waals surface area contributed by atoms with Gasteiger partial charge in [0.25, 0.3) is 5.78 Å². The van der Waals surface area contributed by atoms with Crippen LogP contribution in [0.2, 0.25) is 5.02 Å². The van der Waals surface area contributed by atoms with Crippen LogP contribution in [0.1, 0.15) is 49.1 Å². The summed E-state index contributed by atoms with van der Waals surface area (Å²) in [5, 5.41) is 21.2. The van der Waals surface area contributed by atoms with Crippen molar-refractivity contribution in [2.75, 3.05) is 18.1 Å². The van der Waals surface area contributed by atoms with Gasteiger partial charge in [-0.1, -0.05) is 59.0 Å². The van der Waals surface area contributed by atoms with Crippen LogP contribution >= 0.6 is 34.7 Å². The summed E-state index contributed by atoms with van der Waals surface area (Å²) in [5.74, 6) is 0.349. The van der Waals surface area contributed by atoms with Crippen molar-refractivity contribution in [2.24, 2.45) is 0 Å². The number of halogens is 1. The largest absolute Gasteiger partial charge is 0.507 e. The van der Waals surface area contributed by atoms with Crippen molar-refractivity contribution in [2.45, 2.75) is 49.4 Å². The number of hydrogen-bond acceptors (Lipinski definition) is 10. The van der Waals surface area contributed by atoms with Crippen molar-refractivity contribution < 1.29 is 28.9 Å².